The van der Waals surface area contributed by atoms with Gasteiger partial charge < -0.3 is 26.8 Å². The summed E-state index contributed by atoms with van der Waals surface area (Å²) in [6.07, 6.45) is 2.59. The summed E-state index contributed by atoms with van der Waals surface area (Å²) >= 11 is 0. The molecule has 3 rings (SSSR count). The van der Waals surface area contributed by atoms with Crippen LogP contribution in [0.4, 0.5) is 0 Å². The van der Waals surface area contributed by atoms with Gasteiger partial charge in [0.25, 0.3) is 0 Å². The van der Waals surface area contributed by atoms with Crippen molar-refractivity contribution in [2.24, 2.45) is 29.2 Å². The van der Waals surface area contributed by atoms with Crippen LogP contribution in [0.2, 0.25) is 0 Å². The van der Waals surface area contributed by atoms with Gasteiger partial charge in [-0.3, -0.25) is 19.2 Å². The van der Waals surface area contributed by atoms with Crippen LogP contribution in [0.5, 0.6) is 0 Å². The van der Waals surface area contributed by atoms with Crippen molar-refractivity contribution >= 4 is 29.4 Å². The highest BCUT2D eigenvalue weighted by molar-refractivity contribution is 5.95. The number of Topliss-reactive ketones (excluding diaryl/α,β-unsaturated/α-hetero) is 2. The maximum absolute atomic E-state index is 13.9. The molecule has 0 saturated carbocycles. The molecule has 250 valence electrons. The molecule has 0 unspecified atom stereocenters. The zero-order valence-corrected chi connectivity index (χ0v) is 27.1. The lowest BCUT2D eigenvalue weighted by Crippen LogP contribution is -2.48. The van der Waals surface area contributed by atoms with Gasteiger partial charge >= 0.3 is 5.97 Å². The standard InChI is InChI=1S/C36H50N4O6/c1-24(2)19-30(33(42)22-27(15-9-17-37)35(44)40-18-10-16-31(40)36(45)46)39-34(43)28(20-25-11-5-3-6-12-25)23-32(41)29(38)21-26-13-7-4-8-14-26/h3-8,11-14,24,27-31H,9-10,15-23,37-38H2,1-2H3,(H,39,43)(H,45,46)/t27-,28-,29+,30+,31-/m0/s1. The summed E-state index contributed by atoms with van der Waals surface area (Å²) in [5, 5.41) is 12.6. The van der Waals surface area contributed by atoms with Gasteiger partial charge in [0.2, 0.25) is 11.8 Å². The number of hydrogen-bond donors (Lipinski definition) is 4. The fourth-order valence-corrected chi connectivity index (χ4v) is 6.15. The van der Waals surface area contributed by atoms with Crippen LogP contribution < -0.4 is 16.8 Å². The Morgan fingerprint density at radius 1 is 0.891 bits per heavy atom. The first-order chi connectivity index (χ1) is 22.0. The van der Waals surface area contributed by atoms with E-state index in [2.05, 4.69) is 5.32 Å². The second kappa shape index (κ2) is 18.3. The van der Waals surface area contributed by atoms with Gasteiger partial charge in [0, 0.05) is 31.2 Å². The highest BCUT2D eigenvalue weighted by Crippen LogP contribution is 2.25. The molecule has 2 aromatic carbocycles. The number of rotatable bonds is 19. The maximum atomic E-state index is 13.9. The molecule has 0 bridgehead atoms. The normalized spacial score (nSPS) is 17.2. The summed E-state index contributed by atoms with van der Waals surface area (Å²) < 4.78 is 0. The number of benzene rings is 2. The third-order valence-electron chi connectivity index (χ3n) is 8.64. The van der Waals surface area contributed by atoms with Gasteiger partial charge in [-0.05, 0) is 68.5 Å². The number of nitrogens with one attached hydrogen (secondary N) is 1. The Kier molecular flexibility index (Phi) is 14.6. The van der Waals surface area contributed by atoms with Crippen LogP contribution in [0.1, 0.15) is 69.9 Å². The number of carbonyl (C=O) groups excluding carboxylic acids is 4. The van der Waals surface area contributed by atoms with E-state index in [0.717, 1.165) is 11.1 Å². The zero-order chi connectivity index (χ0) is 33.6. The Hall–Kier alpha value is -3.89. The minimum Gasteiger partial charge on any atom is -0.480 e. The molecule has 1 heterocycles. The van der Waals surface area contributed by atoms with E-state index in [4.69, 9.17) is 11.5 Å². The van der Waals surface area contributed by atoms with E-state index >= 15 is 0 Å². The Balaban J connectivity index is 1.78. The van der Waals surface area contributed by atoms with Gasteiger partial charge in [0.15, 0.2) is 11.6 Å². The van der Waals surface area contributed by atoms with Gasteiger partial charge in [-0.1, -0.05) is 74.5 Å². The number of likely N-dealkylation sites (tertiary alicyclic amines) is 1. The molecular weight excluding hydrogens is 584 g/mol. The minimum absolute atomic E-state index is 0.0518. The summed E-state index contributed by atoms with van der Waals surface area (Å²) in [7, 11) is 0. The van der Waals surface area contributed by atoms with Crippen molar-refractivity contribution < 1.29 is 29.1 Å². The third-order valence-corrected chi connectivity index (χ3v) is 8.64. The number of carboxylic acid groups (broad SMARTS) is 1. The van der Waals surface area contributed by atoms with Crippen molar-refractivity contribution in [3.8, 4) is 0 Å². The smallest absolute Gasteiger partial charge is 0.326 e. The predicted octanol–water partition coefficient (Wildman–Crippen LogP) is 3.30. The number of ketones is 2. The summed E-state index contributed by atoms with van der Waals surface area (Å²) in [5.41, 5.74) is 13.8. The molecule has 1 saturated heterocycles. The van der Waals surface area contributed by atoms with E-state index in [9.17, 15) is 29.1 Å². The van der Waals surface area contributed by atoms with Crippen LogP contribution in [-0.2, 0) is 36.8 Å². The SMILES string of the molecule is CC(C)C[C@@H](NC(=O)[C@H](CC(=O)[C@H](N)Cc1ccccc1)Cc1ccccc1)C(=O)C[C@H](CCCN)C(=O)N1CCC[C@H]1C(=O)O. The highest BCUT2D eigenvalue weighted by atomic mass is 16.4. The first-order valence-corrected chi connectivity index (χ1v) is 16.4. The molecule has 0 radical (unpaired) electrons. The molecule has 0 aromatic heterocycles. The van der Waals surface area contributed by atoms with Crippen LogP contribution in [0.3, 0.4) is 0 Å². The molecule has 10 nitrogen and oxygen atoms in total. The first kappa shape index (κ1) is 36.6. The lowest BCUT2D eigenvalue weighted by atomic mass is 9.87. The Bertz CT molecular complexity index is 1300. The van der Waals surface area contributed by atoms with E-state index in [-0.39, 0.29) is 36.2 Å². The van der Waals surface area contributed by atoms with Crippen molar-refractivity contribution in [1.82, 2.24) is 10.2 Å². The van der Waals surface area contributed by atoms with Crippen molar-refractivity contribution in [3.63, 3.8) is 0 Å². The van der Waals surface area contributed by atoms with Crippen molar-refractivity contribution in [2.45, 2.75) is 89.8 Å². The lowest BCUT2D eigenvalue weighted by molar-refractivity contribution is -0.150. The fraction of sp³-hybridized carbons (Fsp3) is 0.528. The highest BCUT2D eigenvalue weighted by Gasteiger charge is 2.38. The Morgan fingerprint density at radius 3 is 2.04 bits per heavy atom. The van der Waals surface area contributed by atoms with E-state index in [1.54, 1.807) is 0 Å². The topological polar surface area (TPSA) is 173 Å². The quantitative estimate of drug-likeness (QED) is 0.182. The van der Waals surface area contributed by atoms with Crippen LogP contribution in [0.15, 0.2) is 60.7 Å². The first-order valence-electron chi connectivity index (χ1n) is 16.4. The van der Waals surface area contributed by atoms with Gasteiger partial charge in [0.05, 0.1) is 12.1 Å². The molecule has 0 spiro atoms. The summed E-state index contributed by atoms with van der Waals surface area (Å²) in [6, 6.07) is 16.3. The third kappa shape index (κ3) is 11.2. The maximum Gasteiger partial charge on any atom is 0.326 e. The van der Waals surface area contributed by atoms with Gasteiger partial charge in [-0.25, -0.2) is 4.79 Å². The largest absolute Gasteiger partial charge is 0.480 e. The molecule has 5 atom stereocenters. The summed E-state index contributed by atoms with van der Waals surface area (Å²) in [6.45, 7) is 4.54. The second-order valence-electron chi connectivity index (χ2n) is 12.9. The number of hydrogen-bond acceptors (Lipinski definition) is 7. The minimum atomic E-state index is -1.05. The number of aliphatic carboxylic acids is 1. The molecule has 2 aromatic rings. The molecular formula is C36H50N4O6. The molecule has 46 heavy (non-hydrogen) atoms. The van der Waals surface area contributed by atoms with E-state index in [1.807, 2.05) is 74.5 Å². The van der Waals surface area contributed by atoms with Crippen molar-refractivity contribution in [3.05, 3.63) is 71.8 Å². The fourth-order valence-electron chi connectivity index (χ4n) is 6.15. The van der Waals surface area contributed by atoms with Crippen molar-refractivity contribution in [2.75, 3.05) is 13.1 Å². The molecule has 0 aliphatic carbocycles. The Labute approximate surface area is 272 Å². The molecule has 6 N–H and O–H groups in total. The van der Waals surface area contributed by atoms with Crippen LogP contribution in [0.25, 0.3) is 0 Å². The van der Waals surface area contributed by atoms with Gasteiger partial charge in [0.1, 0.15) is 6.04 Å². The molecule has 1 fully saturated rings. The lowest BCUT2D eigenvalue weighted by Gasteiger charge is -2.28. The molecule has 1 aliphatic rings. The molecule has 10 heteroatoms. The van der Waals surface area contributed by atoms with E-state index in [0.29, 0.717) is 58.0 Å². The van der Waals surface area contributed by atoms with E-state index < -0.39 is 41.8 Å². The number of carbonyl (C=O) groups is 5. The molecule has 2 amide bonds. The van der Waals surface area contributed by atoms with Crippen LogP contribution in [-0.4, -0.2) is 70.6 Å². The van der Waals surface area contributed by atoms with Gasteiger partial charge in [-0.2, -0.15) is 0 Å². The Morgan fingerprint density at radius 2 is 1.48 bits per heavy atom. The predicted molar refractivity (Wildman–Crippen MR) is 177 cm³/mol. The summed E-state index contributed by atoms with van der Waals surface area (Å²) in [4.78, 5) is 67.7. The second-order valence-corrected chi connectivity index (χ2v) is 12.9. The van der Waals surface area contributed by atoms with Crippen LogP contribution in [0, 0.1) is 17.8 Å². The number of carboxylic acids is 1. The summed E-state index contributed by atoms with van der Waals surface area (Å²) in [5.74, 6) is -3.81. The number of amides is 2. The van der Waals surface area contributed by atoms with Crippen molar-refractivity contribution in [1.29, 1.82) is 0 Å². The average molecular weight is 635 g/mol. The van der Waals surface area contributed by atoms with Crippen LogP contribution >= 0.6 is 0 Å². The van der Waals surface area contributed by atoms with E-state index in [1.165, 1.54) is 4.90 Å². The zero-order valence-electron chi connectivity index (χ0n) is 27.1. The number of nitrogens with zero attached hydrogens (tertiary/aromatic N) is 1. The van der Waals surface area contributed by atoms with Gasteiger partial charge in [-0.15, -0.1) is 0 Å². The average Bonchev–Trinajstić information content (AvgIpc) is 3.53. The monoisotopic (exact) mass is 634 g/mol. The number of nitrogens with two attached hydrogens (primary N) is 2. The molecule has 1 aliphatic heterocycles.